The van der Waals surface area contributed by atoms with Gasteiger partial charge in [0.25, 0.3) is 0 Å². The number of aromatic nitrogens is 1. The third-order valence-corrected chi connectivity index (χ3v) is 4.42. The first kappa shape index (κ1) is 18.3. The number of hydrogen-bond donors (Lipinski definition) is 0. The van der Waals surface area contributed by atoms with E-state index < -0.39 is 17.2 Å². The molecule has 1 aromatic carbocycles. The maximum Gasteiger partial charge on any atom is 0.416 e. The van der Waals surface area contributed by atoms with E-state index in [4.69, 9.17) is 0 Å². The number of halogens is 3. The van der Waals surface area contributed by atoms with E-state index in [9.17, 15) is 18.0 Å². The van der Waals surface area contributed by atoms with Crippen molar-refractivity contribution in [3.05, 3.63) is 52.8 Å². The average molecular weight is 360 g/mol. The lowest BCUT2D eigenvalue weighted by molar-refractivity contribution is -0.137. The minimum atomic E-state index is -4.45. The van der Waals surface area contributed by atoms with Crippen LogP contribution in [0.1, 0.15) is 43.2 Å². The monoisotopic (exact) mass is 360 g/mol. The number of rotatable bonds is 3. The second kappa shape index (κ2) is 6.34. The molecule has 2 heterocycles. The molecule has 0 unspecified atom stereocenters. The molecule has 0 amide bonds. The van der Waals surface area contributed by atoms with Gasteiger partial charge in [0.2, 0.25) is 0 Å². The minimum absolute atomic E-state index is 0.0188. The van der Waals surface area contributed by atoms with Gasteiger partial charge in [-0.05, 0) is 29.3 Å². The summed E-state index contributed by atoms with van der Waals surface area (Å²) >= 11 is 0. The van der Waals surface area contributed by atoms with Crippen molar-refractivity contribution < 1.29 is 18.0 Å². The molecule has 3 nitrogen and oxygen atoms in total. The van der Waals surface area contributed by atoms with E-state index in [2.05, 4.69) is 9.98 Å². The van der Waals surface area contributed by atoms with Gasteiger partial charge in [-0.15, -0.1) is 0 Å². The van der Waals surface area contributed by atoms with Crippen LogP contribution in [0.4, 0.5) is 13.2 Å². The Hall–Kier alpha value is -2.50. The van der Waals surface area contributed by atoms with Gasteiger partial charge in [0.1, 0.15) is 5.78 Å². The third kappa shape index (κ3) is 3.54. The van der Waals surface area contributed by atoms with Gasteiger partial charge in [0.05, 0.1) is 17.8 Å². The second-order valence-electron chi connectivity index (χ2n) is 7.41. The Kier molecular flexibility index (Phi) is 4.46. The van der Waals surface area contributed by atoms with Gasteiger partial charge in [-0.1, -0.05) is 26.8 Å². The lowest BCUT2D eigenvalue weighted by atomic mass is 9.86. The van der Waals surface area contributed by atoms with E-state index in [1.807, 2.05) is 20.8 Å². The van der Waals surface area contributed by atoms with Gasteiger partial charge >= 0.3 is 6.18 Å². The number of carbonyl (C=O) groups excluding carboxylic acids is 1. The van der Waals surface area contributed by atoms with Crippen LogP contribution < -0.4 is 0 Å². The van der Waals surface area contributed by atoms with E-state index in [1.54, 1.807) is 24.5 Å². The fraction of sp³-hybridized carbons (Fsp3) is 0.350. The lowest BCUT2D eigenvalue weighted by Crippen LogP contribution is -2.23. The highest BCUT2D eigenvalue weighted by Gasteiger charge is 2.33. The number of carbonyl (C=O) groups is 1. The third-order valence-electron chi connectivity index (χ3n) is 4.42. The van der Waals surface area contributed by atoms with Gasteiger partial charge in [0.15, 0.2) is 0 Å². The largest absolute Gasteiger partial charge is 0.416 e. The molecule has 1 aliphatic rings. The van der Waals surface area contributed by atoms with Crippen molar-refractivity contribution in [1.82, 2.24) is 4.98 Å². The summed E-state index contributed by atoms with van der Waals surface area (Å²) in [5, 5.41) is 0. The van der Waals surface area contributed by atoms with Crippen LogP contribution in [0.5, 0.6) is 0 Å². The van der Waals surface area contributed by atoms with Crippen molar-refractivity contribution in [2.24, 2.45) is 10.4 Å². The fourth-order valence-electron chi connectivity index (χ4n) is 2.86. The van der Waals surface area contributed by atoms with Crippen LogP contribution in [-0.4, -0.2) is 17.0 Å². The Morgan fingerprint density at radius 1 is 1.15 bits per heavy atom. The quantitative estimate of drug-likeness (QED) is 0.785. The molecule has 0 aliphatic carbocycles. The van der Waals surface area contributed by atoms with E-state index in [1.165, 1.54) is 0 Å². The second-order valence-corrected chi connectivity index (χ2v) is 7.41. The Bertz CT molecular complexity index is 893. The zero-order valence-corrected chi connectivity index (χ0v) is 14.8. The van der Waals surface area contributed by atoms with Crippen LogP contribution in [0.2, 0.25) is 0 Å². The maximum absolute atomic E-state index is 13.3. The van der Waals surface area contributed by atoms with E-state index in [-0.39, 0.29) is 18.7 Å². The van der Waals surface area contributed by atoms with Crippen LogP contribution >= 0.6 is 0 Å². The number of alkyl halides is 3. The molecule has 26 heavy (non-hydrogen) atoms. The van der Waals surface area contributed by atoms with Gasteiger partial charge in [-0.25, -0.2) is 0 Å². The predicted molar refractivity (Wildman–Crippen MR) is 94.1 cm³/mol. The van der Waals surface area contributed by atoms with Gasteiger partial charge in [-0.2, -0.15) is 13.2 Å². The number of aliphatic imine (C=N–C) groups is 1. The summed E-state index contributed by atoms with van der Waals surface area (Å²) in [5.41, 5.74) is 1.37. The molecule has 0 N–H and O–H groups in total. The lowest BCUT2D eigenvalue weighted by Gasteiger charge is -2.19. The summed E-state index contributed by atoms with van der Waals surface area (Å²) in [7, 11) is 0. The molecule has 1 aromatic heterocycles. The minimum Gasteiger partial charge on any atom is -0.299 e. The molecule has 0 saturated heterocycles. The average Bonchev–Trinajstić information content (AvgIpc) is 3.01. The highest BCUT2D eigenvalue weighted by atomic mass is 19.4. The van der Waals surface area contributed by atoms with E-state index in [0.717, 1.165) is 12.1 Å². The molecular formula is C20H19F3N2O. The molecule has 0 fully saturated rings. The topological polar surface area (TPSA) is 42.3 Å². The zero-order valence-electron chi connectivity index (χ0n) is 14.8. The van der Waals surface area contributed by atoms with E-state index >= 15 is 0 Å². The SMILES string of the molecule is CC(C)(C)C(=O)Cc1ncccc1-c1cc(C(F)(F)F)cc2c1C=NC2. The Morgan fingerprint density at radius 2 is 1.88 bits per heavy atom. The number of pyridine rings is 1. The number of hydrogen-bond acceptors (Lipinski definition) is 3. The summed E-state index contributed by atoms with van der Waals surface area (Å²) < 4.78 is 39.9. The highest BCUT2D eigenvalue weighted by Crippen LogP contribution is 2.38. The maximum atomic E-state index is 13.3. The molecule has 0 spiro atoms. The molecule has 0 radical (unpaired) electrons. The number of ketones is 1. The normalized spacial score (nSPS) is 13.8. The number of fused-ring (bicyclic) bond motifs is 1. The Morgan fingerprint density at radius 3 is 2.54 bits per heavy atom. The molecule has 6 heteroatoms. The van der Waals surface area contributed by atoms with Crippen LogP contribution in [0, 0.1) is 5.41 Å². The first-order valence-electron chi connectivity index (χ1n) is 8.29. The van der Waals surface area contributed by atoms with Crippen molar-refractivity contribution in [2.45, 2.75) is 39.9 Å². The van der Waals surface area contributed by atoms with Crippen LogP contribution in [0.25, 0.3) is 11.1 Å². The van der Waals surface area contributed by atoms with Gasteiger partial charge in [-0.3, -0.25) is 14.8 Å². The van der Waals surface area contributed by atoms with Crippen molar-refractivity contribution in [2.75, 3.05) is 0 Å². The van der Waals surface area contributed by atoms with Crippen LogP contribution in [0.15, 0.2) is 35.5 Å². The fourth-order valence-corrected chi connectivity index (χ4v) is 2.86. The smallest absolute Gasteiger partial charge is 0.299 e. The standard InChI is InChI=1S/C20H19F3N2O/c1-19(2,3)18(26)9-17-14(5-4-6-25-17)15-8-13(20(21,22)23)7-12-10-24-11-16(12)15/h4-8,11H,9-10H2,1-3H3. The van der Waals surface area contributed by atoms with Crippen molar-refractivity contribution in [3.8, 4) is 11.1 Å². The zero-order chi connectivity index (χ0) is 19.1. The predicted octanol–water partition coefficient (Wildman–Crippen LogP) is 4.86. The van der Waals surface area contributed by atoms with Crippen LogP contribution in [-0.2, 0) is 23.9 Å². The highest BCUT2D eigenvalue weighted by molar-refractivity contribution is 5.96. The van der Waals surface area contributed by atoms with E-state index in [0.29, 0.717) is 27.9 Å². The Labute approximate surface area is 150 Å². The molecule has 2 aromatic rings. The molecule has 0 saturated carbocycles. The first-order chi connectivity index (χ1) is 12.1. The van der Waals surface area contributed by atoms with Gasteiger partial charge in [0, 0.05) is 35.4 Å². The summed E-state index contributed by atoms with van der Waals surface area (Å²) in [5.74, 6) is -0.0188. The van der Waals surface area contributed by atoms with Crippen LogP contribution in [0.3, 0.4) is 0 Å². The molecule has 136 valence electrons. The number of benzene rings is 1. The molecular weight excluding hydrogens is 341 g/mol. The van der Waals surface area contributed by atoms with Crippen molar-refractivity contribution in [3.63, 3.8) is 0 Å². The summed E-state index contributed by atoms with van der Waals surface area (Å²) in [4.78, 5) is 20.8. The Balaban J connectivity index is 2.15. The summed E-state index contributed by atoms with van der Waals surface area (Å²) in [6.07, 6.45) is -1.23. The number of nitrogens with zero attached hydrogens (tertiary/aromatic N) is 2. The molecule has 1 aliphatic heterocycles. The summed E-state index contributed by atoms with van der Waals surface area (Å²) in [6.45, 7) is 5.66. The first-order valence-corrected chi connectivity index (χ1v) is 8.29. The molecule has 3 rings (SSSR count). The van der Waals surface area contributed by atoms with Crippen molar-refractivity contribution in [1.29, 1.82) is 0 Å². The van der Waals surface area contributed by atoms with Gasteiger partial charge < -0.3 is 0 Å². The summed E-state index contributed by atoms with van der Waals surface area (Å²) in [6, 6.07) is 5.64. The van der Waals surface area contributed by atoms with Crippen molar-refractivity contribution >= 4 is 12.0 Å². The molecule has 0 bridgehead atoms. The molecule has 0 atom stereocenters. The number of Topliss-reactive ketones (excluding diaryl/α,β-unsaturated/α-hetero) is 1.